The predicted molar refractivity (Wildman–Crippen MR) is 70.5 cm³/mol. The lowest BCUT2D eigenvalue weighted by molar-refractivity contribution is 0.900. The van der Waals surface area contributed by atoms with Crippen molar-refractivity contribution in [1.29, 1.82) is 0 Å². The van der Waals surface area contributed by atoms with Gasteiger partial charge in [0.05, 0.1) is 0 Å². The Hall–Kier alpha value is -1.38. The lowest BCUT2D eigenvalue weighted by Crippen LogP contribution is -2.10. The van der Waals surface area contributed by atoms with E-state index in [1.54, 1.807) is 0 Å². The van der Waals surface area contributed by atoms with E-state index < -0.39 is 0 Å². The fourth-order valence-electron chi connectivity index (χ4n) is 1.21. The number of nitrogen functional groups attached to an aromatic ring is 1. The van der Waals surface area contributed by atoms with E-state index in [1.807, 2.05) is 39.1 Å². The summed E-state index contributed by atoms with van der Waals surface area (Å²) in [5.41, 5.74) is 8.59. The number of anilines is 3. The molecule has 0 atom stereocenters. The molecule has 0 bridgehead atoms. The molecule has 3 nitrogen and oxygen atoms in total. The van der Waals surface area contributed by atoms with Gasteiger partial charge in [-0.1, -0.05) is 13.8 Å². The molecule has 15 heavy (non-hydrogen) atoms. The molecule has 0 aromatic heterocycles. The van der Waals surface area contributed by atoms with Gasteiger partial charge in [0.2, 0.25) is 0 Å². The molecule has 1 rings (SSSR count). The molecule has 0 amide bonds. The van der Waals surface area contributed by atoms with Crippen molar-refractivity contribution in [2.75, 3.05) is 23.4 Å². The van der Waals surface area contributed by atoms with Crippen LogP contribution in [0.1, 0.15) is 27.7 Å². The van der Waals surface area contributed by atoms with Crippen molar-refractivity contribution < 1.29 is 0 Å². The highest BCUT2D eigenvalue weighted by atomic mass is 14.9. The fourth-order valence-corrected chi connectivity index (χ4v) is 1.21. The molecule has 0 aliphatic heterocycles. The second-order valence-corrected chi connectivity index (χ2v) is 3.39. The van der Waals surface area contributed by atoms with Crippen LogP contribution < -0.4 is 16.4 Å². The summed E-state index contributed by atoms with van der Waals surface area (Å²) in [6.45, 7) is 8.20. The Kier molecular flexibility index (Phi) is 6.34. The second-order valence-electron chi connectivity index (χ2n) is 3.39. The van der Waals surface area contributed by atoms with Gasteiger partial charge in [-0.25, -0.2) is 0 Å². The molecular weight excluding hydrogens is 186 g/mol. The average molecular weight is 209 g/mol. The highest BCUT2D eigenvalue weighted by Gasteiger charge is 1.98. The Morgan fingerprint density at radius 3 is 2.07 bits per heavy atom. The number of benzene rings is 1. The fraction of sp³-hybridized carbons (Fsp3) is 0.500. The van der Waals surface area contributed by atoms with Crippen molar-refractivity contribution in [3.05, 3.63) is 18.2 Å². The van der Waals surface area contributed by atoms with Crippen LogP contribution in [0.15, 0.2) is 18.2 Å². The molecular formula is C12H23N3. The molecule has 0 spiro atoms. The third-order valence-electron chi connectivity index (χ3n) is 1.70. The van der Waals surface area contributed by atoms with Crippen molar-refractivity contribution in [1.82, 2.24) is 0 Å². The van der Waals surface area contributed by atoms with Gasteiger partial charge in [0, 0.05) is 30.2 Å². The first-order valence-corrected chi connectivity index (χ1v) is 5.46. The van der Waals surface area contributed by atoms with Gasteiger partial charge in [-0.05, 0) is 32.0 Å². The van der Waals surface area contributed by atoms with E-state index in [2.05, 4.69) is 24.5 Å². The standard InChI is InChI=1S/C10H17N3.C2H6/c1-7(2)13-10-5-8(11)4-9(6-10)12-3;1-2/h4-7,12-13H,11H2,1-3H3;1-2H3. The Labute approximate surface area is 93.1 Å². The van der Waals surface area contributed by atoms with E-state index in [9.17, 15) is 0 Å². The lowest BCUT2D eigenvalue weighted by atomic mass is 10.2. The third kappa shape index (κ3) is 5.15. The van der Waals surface area contributed by atoms with E-state index in [1.165, 1.54) is 0 Å². The van der Waals surface area contributed by atoms with E-state index in [0.717, 1.165) is 17.1 Å². The summed E-state index contributed by atoms with van der Waals surface area (Å²) < 4.78 is 0. The van der Waals surface area contributed by atoms with Gasteiger partial charge in [0.25, 0.3) is 0 Å². The molecule has 3 heteroatoms. The van der Waals surface area contributed by atoms with Gasteiger partial charge < -0.3 is 16.4 Å². The zero-order chi connectivity index (χ0) is 11.8. The molecule has 0 fully saturated rings. The van der Waals surface area contributed by atoms with Crippen LogP contribution in [0.3, 0.4) is 0 Å². The number of rotatable bonds is 3. The van der Waals surface area contributed by atoms with Crippen LogP contribution in [0.4, 0.5) is 17.1 Å². The highest BCUT2D eigenvalue weighted by Crippen LogP contribution is 2.20. The van der Waals surface area contributed by atoms with Crippen LogP contribution in [-0.2, 0) is 0 Å². The zero-order valence-electron chi connectivity index (χ0n) is 10.4. The molecule has 1 aromatic carbocycles. The Morgan fingerprint density at radius 2 is 1.60 bits per heavy atom. The van der Waals surface area contributed by atoms with Gasteiger partial charge in [-0.15, -0.1) is 0 Å². The predicted octanol–water partition coefficient (Wildman–Crippen LogP) is 3.16. The summed E-state index contributed by atoms with van der Waals surface area (Å²) in [5, 5.41) is 6.36. The highest BCUT2D eigenvalue weighted by molar-refractivity contribution is 5.65. The monoisotopic (exact) mass is 209 g/mol. The van der Waals surface area contributed by atoms with E-state index in [4.69, 9.17) is 5.73 Å². The van der Waals surface area contributed by atoms with Crippen LogP contribution in [0.2, 0.25) is 0 Å². The van der Waals surface area contributed by atoms with Crippen LogP contribution in [0.5, 0.6) is 0 Å². The van der Waals surface area contributed by atoms with Crippen molar-refractivity contribution >= 4 is 17.1 Å². The third-order valence-corrected chi connectivity index (χ3v) is 1.70. The summed E-state index contributed by atoms with van der Waals surface area (Å²) in [7, 11) is 1.88. The molecule has 0 saturated carbocycles. The van der Waals surface area contributed by atoms with Crippen molar-refractivity contribution in [3.8, 4) is 0 Å². The molecule has 0 unspecified atom stereocenters. The second kappa shape index (κ2) is 6.98. The van der Waals surface area contributed by atoms with Crippen LogP contribution in [0.25, 0.3) is 0 Å². The normalized spacial score (nSPS) is 9.20. The van der Waals surface area contributed by atoms with Crippen LogP contribution in [0, 0.1) is 0 Å². The molecule has 0 saturated heterocycles. The first-order chi connectivity index (χ1) is 7.11. The van der Waals surface area contributed by atoms with Crippen molar-refractivity contribution in [3.63, 3.8) is 0 Å². The van der Waals surface area contributed by atoms with E-state index in [0.29, 0.717) is 6.04 Å². The van der Waals surface area contributed by atoms with E-state index >= 15 is 0 Å². The van der Waals surface area contributed by atoms with Gasteiger partial charge in [0.1, 0.15) is 0 Å². The van der Waals surface area contributed by atoms with E-state index in [-0.39, 0.29) is 0 Å². The molecule has 86 valence electrons. The minimum Gasteiger partial charge on any atom is -0.399 e. The Balaban J connectivity index is 0.000000921. The maximum absolute atomic E-state index is 5.73. The minimum atomic E-state index is 0.423. The minimum absolute atomic E-state index is 0.423. The quantitative estimate of drug-likeness (QED) is 0.670. The van der Waals surface area contributed by atoms with Crippen molar-refractivity contribution in [2.24, 2.45) is 0 Å². The molecule has 0 aliphatic rings. The first-order valence-electron chi connectivity index (χ1n) is 5.46. The number of nitrogens with two attached hydrogens (primary N) is 1. The summed E-state index contributed by atoms with van der Waals surface area (Å²) in [6.07, 6.45) is 0. The van der Waals surface area contributed by atoms with Crippen molar-refractivity contribution in [2.45, 2.75) is 33.7 Å². The lowest BCUT2D eigenvalue weighted by Gasteiger charge is -2.12. The SMILES string of the molecule is CC.CNc1cc(N)cc(NC(C)C)c1. The largest absolute Gasteiger partial charge is 0.399 e. The van der Waals surface area contributed by atoms with Crippen LogP contribution in [-0.4, -0.2) is 13.1 Å². The first kappa shape index (κ1) is 13.6. The molecule has 0 aliphatic carbocycles. The Morgan fingerprint density at radius 1 is 1.07 bits per heavy atom. The summed E-state index contributed by atoms with van der Waals surface area (Å²) >= 11 is 0. The number of nitrogens with one attached hydrogen (secondary N) is 2. The number of hydrogen-bond acceptors (Lipinski definition) is 3. The molecule has 0 heterocycles. The van der Waals surface area contributed by atoms with Gasteiger partial charge in [0.15, 0.2) is 0 Å². The number of hydrogen-bond donors (Lipinski definition) is 3. The van der Waals surface area contributed by atoms with Gasteiger partial charge >= 0.3 is 0 Å². The topological polar surface area (TPSA) is 50.1 Å². The summed E-state index contributed by atoms with van der Waals surface area (Å²) in [4.78, 5) is 0. The average Bonchev–Trinajstić information content (AvgIpc) is 2.18. The smallest absolute Gasteiger partial charge is 0.0383 e. The van der Waals surface area contributed by atoms with Gasteiger partial charge in [-0.2, -0.15) is 0 Å². The molecule has 1 aromatic rings. The summed E-state index contributed by atoms with van der Waals surface area (Å²) in [5.74, 6) is 0. The zero-order valence-corrected chi connectivity index (χ0v) is 10.4. The van der Waals surface area contributed by atoms with Crippen LogP contribution >= 0.6 is 0 Å². The Bertz CT molecular complexity index is 282. The summed E-state index contributed by atoms with van der Waals surface area (Å²) in [6, 6.07) is 6.30. The maximum atomic E-state index is 5.73. The molecule has 4 N–H and O–H groups in total. The maximum Gasteiger partial charge on any atom is 0.0383 e. The van der Waals surface area contributed by atoms with Gasteiger partial charge in [-0.3, -0.25) is 0 Å². The molecule has 0 radical (unpaired) electrons.